The van der Waals surface area contributed by atoms with Crippen LogP contribution in [0.2, 0.25) is 0 Å². The van der Waals surface area contributed by atoms with Crippen molar-refractivity contribution in [3.63, 3.8) is 0 Å². The summed E-state index contributed by atoms with van der Waals surface area (Å²) in [6, 6.07) is 5.14. The first-order valence-electron chi connectivity index (χ1n) is 7.38. The van der Waals surface area contributed by atoms with E-state index in [-0.39, 0.29) is 24.3 Å². The number of carbonyl (C=O) groups excluding carboxylic acids is 2. The van der Waals surface area contributed by atoms with Gasteiger partial charge in [0.15, 0.2) is 12.5 Å². The van der Waals surface area contributed by atoms with Gasteiger partial charge in [0.2, 0.25) is 0 Å². The van der Waals surface area contributed by atoms with E-state index < -0.39 is 0 Å². The van der Waals surface area contributed by atoms with E-state index in [1.54, 1.807) is 23.1 Å². The van der Waals surface area contributed by atoms with Crippen LogP contribution in [0, 0.1) is 5.92 Å². The van der Waals surface area contributed by atoms with Crippen LogP contribution in [0.1, 0.15) is 40.5 Å². The van der Waals surface area contributed by atoms with Gasteiger partial charge in [0.1, 0.15) is 5.75 Å². The minimum atomic E-state index is -0.0381. The van der Waals surface area contributed by atoms with E-state index in [9.17, 15) is 9.59 Å². The summed E-state index contributed by atoms with van der Waals surface area (Å²) in [5, 5.41) is 0. The first-order valence-corrected chi connectivity index (χ1v) is 7.38. The molecule has 3 rings (SSSR count). The number of hydrogen-bond acceptors (Lipinski definition) is 4. The zero-order chi connectivity index (χ0) is 14.8. The van der Waals surface area contributed by atoms with Crippen molar-refractivity contribution in [1.29, 1.82) is 0 Å². The third-order valence-electron chi connectivity index (χ3n) is 4.13. The molecular weight excluding hydrogens is 270 g/mol. The highest BCUT2D eigenvalue weighted by molar-refractivity contribution is 6.02. The van der Waals surface area contributed by atoms with Crippen molar-refractivity contribution in [3.8, 4) is 5.75 Å². The molecule has 0 bridgehead atoms. The Balaban J connectivity index is 1.83. The molecule has 2 aliphatic rings. The summed E-state index contributed by atoms with van der Waals surface area (Å²) in [6.45, 7) is 4.05. The summed E-state index contributed by atoms with van der Waals surface area (Å²) in [5.41, 5.74) is 1.16. The molecule has 0 aliphatic carbocycles. The Morgan fingerprint density at radius 2 is 2.10 bits per heavy atom. The van der Waals surface area contributed by atoms with Crippen LogP contribution in [0.15, 0.2) is 18.2 Å². The molecular formula is C16H19NO4. The minimum Gasteiger partial charge on any atom is -0.472 e. The zero-order valence-electron chi connectivity index (χ0n) is 12.1. The zero-order valence-corrected chi connectivity index (χ0v) is 12.1. The quantitative estimate of drug-likeness (QED) is 0.800. The molecule has 2 aliphatic heterocycles. The molecule has 5 nitrogen and oxygen atoms in total. The fourth-order valence-corrected chi connectivity index (χ4v) is 2.78. The molecule has 1 saturated heterocycles. The summed E-state index contributed by atoms with van der Waals surface area (Å²) in [4.78, 5) is 26.3. The summed E-state index contributed by atoms with van der Waals surface area (Å²) in [6.07, 6.45) is 1.53. The molecule has 0 spiro atoms. The minimum absolute atomic E-state index is 0.0169. The molecule has 0 saturated carbocycles. The van der Waals surface area contributed by atoms with Gasteiger partial charge in [0, 0.05) is 31.2 Å². The van der Waals surface area contributed by atoms with Gasteiger partial charge in [0.05, 0.1) is 5.56 Å². The lowest BCUT2D eigenvalue weighted by Gasteiger charge is -2.28. The van der Waals surface area contributed by atoms with Gasteiger partial charge < -0.3 is 14.4 Å². The summed E-state index contributed by atoms with van der Waals surface area (Å²) in [7, 11) is 0. The maximum Gasteiger partial charge on any atom is 0.260 e. The van der Waals surface area contributed by atoms with Crippen LogP contribution in [0.5, 0.6) is 5.75 Å². The van der Waals surface area contributed by atoms with Gasteiger partial charge in [0.25, 0.3) is 5.91 Å². The molecule has 1 fully saturated rings. The van der Waals surface area contributed by atoms with E-state index in [2.05, 4.69) is 0 Å². The molecule has 0 N–H and O–H groups in total. The van der Waals surface area contributed by atoms with Crippen molar-refractivity contribution >= 4 is 11.7 Å². The van der Waals surface area contributed by atoms with Gasteiger partial charge >= 0.3 is 0 Å². The van der Waals surface area contributed by atoms with E-state index in [1.807, 2.05) is 6.92 Å². The molecule has 0 aromatic heterocycles. The van der Waals surface area contributed by atoms with Gasteiger partial charge in [-0.2, -0.15) is 0 Å². The predicted octanol–water partition coefficient (Wildman–Crippen LogP) is 2.11. The van der Waals surface area contributed by atoms with Crippen LogP contribution < -0.4 is 4.74 Å². The highest BCUT2D eigenvalue weighted by atomic mass is 16.5. The highest BCUT2D eigenvalue weighted by Crippen LogP contribution is 2.28. The highest BCUT2D eigenvalue weighted by Gasteiger charge is 2.27. The second kappa shape index (κ2) is 5.85. The number of nitrogens with zero attached hydrogens (tertiary/aromatic N) is 1. The number of ether oxygens (including phenoxy) is 2. The Hall–Kier alpha value is -1.88. The lowest BCUT2D eigenvalue weighted by atomic mass is 9.90. The molecule has 21 heavy (non-hydrogen) atoms. The molecule has 0 atom stereocenters. The molecule has 2 heterocycles. The Morgan fingerprint density at radius 1 is 1.33 bits per heavy atom. The van der Waals surface area contributed by atoms with Crippen molar-refractivity contribution in [1.82, 2.24) is 4.90 Å². The molecule has 1 amide bonds. The van der Waals surface area contributed by atoms with Crippen LogP contribution in [0.3, 0.4) is 0 Å². The summed E-state index contributed by atoms with van der Waals surface area (Å²) < 4.78 is 10.9. The average Bonchev–Trinajstić information content (AvgIpc) is 2.55. The van der Waals surface area contributed by atoms with E-state index in [0.717, 1.165) is 12.8 Å². The van der Waals surface area contributed by atoms with Crippen LogP contribution in [-0.4, -0.2) is 43.1 Å². The van der Waals surface area contributed by atoms with Gasteiger partial charge in [-0.3, -0.25) is 9.59 Å². The number of ketones is 1. The summed E-state index contributed by atoms with van der Waals surface area (Å²) in [5.74, 6) is 0.615. The van der Waals surface area contributed by atoms with Crippen molar-refractivity contribution in [3.05, 3.63) is 29.3 Å². The monoisotopic (exact) mass is 289 g/mol. The van der Waals surface area contributed by atoms with Crippen molar-refractivity contribution in [2.24, 2.45) is 5.92 Å². The molecule has 5 heteroatoms. The van der Waals surface area contributed by atoms with Gasteiger partial charge in [-0.05, 0) is 31.9 Å². The first-order chi connectivity index (χ1) is 10.2. The lowest BCUT2D eigenvalue weighted by molar-refractivity contribution is 0.0526. The maximum absolute atomic E-state index is 12.5. The van der Waals surface area contributed by atoms with Gasteiger partial charge in [-0.25, -0.2) is 0 Å². The maximum atomic E-state index is 12.5. The van der Waals surface area contributed by atoms with Crippen LogP contribution in [-0.2, 0) is 4.74 Å². The van der Waals surface area contributed by atoms with Gasteiger partial charge in [-0.15, -0.1) is 0 Å². The molecule has 1 aromatic carbocycles. The number of fused-ring (bicyclic) bond motifs is 1. The first kappa shape index (κ1) is 14.1. The smallest absolute Gasteiger partial charge is 0.260 e. The Bertz CT molecular complexity index is 563. The van der Waals surface area contributed by atoms with Crippen molar-refractivity contribution in [2.75, 3.05) is 26.5 Å². The third-order valence-corrected chi connectivity index (χ3v) is 4.13. The Kier molecular flexibility index (Phi) is 3.92. The van der Waals surface area contributed by atoms with Crippen molar-refractivity contribution in [2.45, 2.75) is 19.8 Å². The Labute approximate surface area is 123 Å². The number of rotatable bonds is 3. The number of benzene rings is 1. The molecule has 0 radical (unpaired) electrons. The fourth-order valence-electron chi connectivity index (χ4n) is 2.78. The van der Waals surface area contributed by atoms with Crippen LogP contribution >= 0.6 is 0 Å². The lowest BCUT2D eigenvalue weighted by Crippen LogP contribution is -2.38. The largest absolute Gasteiger partial charge is 0.472 e. The second-order valence-electron chi connectivity index (χ2n) is 5.40. The summed E-state index contributed by atoms with van der Waals surface area (Å²) >= 11 is 0. The molecule has 1 aromatic rings. The van der Waals surface area contributed by atoms with Crippen molar-refractivity contribution < 1.29 is 19.1 Å². The van der Waals surface area contributed by atoms with Crippen LogP contribution in [0.25, 0.3) is 0 Å². The van der Waals surface area contributed by atoms with E-state index in [1.165, 1.54) is 0 Å². The number of carbonyl (C=O) groups is 2. The Morgan fingerprint density at radius 3 is 2.81 bits per heavy atom. The topological polar surface area (TPSA) is 55.8 Å². The molecule has 0 unspecified atom stereocenters. The van der Waals surface area contributed by atoms with Gasteiger partial charge in [-0.1, -0.05) is 6.07 Å². The molecule has 112 valence electrons. The van der Waals surface area contributed by atoms with Crippen LogP contribution in [0.4, 0.5) is 0 Å². The van der Waals surface area contributed by atoms with E-state index >= 15 is 0 Å². The second-order valence-corrected chi connectivity index (χ2v) is 5.40. The van der Waals surface area contributed by atoms with E-state index in [0.29, 0.717) is 36.6 Å². The number of hydrogen-bond donors (Lipinski definition) is 0. The predicted molar refractivity (Wildman–Crippen MR) is 76.5 cm³/mol. The number of amides is 1. The normalized spacial score (nSPS) is 19.1. The number of Topliss-reactive ketones (excluding diaryl/α,β-unsaturated/α-hetero) is 1. The third kappa shape index (κ3) is 2.65. The fraction of sp³-hybridized carbons (Fsp3) is 0.500. The SMILES string of the molecule is CCN1COc2cc(C(=O)C3CCOCC3)ccc2C1=O. The van der Waals surface area contributed by atoms with E-state index in [4.69, 9.17) is 9.47 Å². The average molecular weight is 289 g/mol. The standard InChI is InChI=1S/C16H19NO4/c1-2-17-10-21-14-9-12(3-4-13(14)16(17)19)15(18)11-5-7-20-8-6-11/h3-4,9,11H,2,5-8,10H2,1H3.